The summed E-state index contributed by atoms with van der Waals surface area (Å²) in [5.41, 5.74) is 1.13. The van der Waals surface area contributed by atoms with Crippen LogP contribution in [0.5, 0.6) is 5.75 Å². The van der Waals surface area contributed by atoms with Gasteiger partial charge in [-0.2, -0.15) is 0 Å². The van der Waals surface area contributed by atoms with Crippen LogP contribution in [0.3, 0.4) is 0 Å². The molecular weight excluding hydrogens is 384 g/mol. The third-order valence-electron chi connectivity index (χ3n) is 4.85. The van der Waals surface area contributed by atoms with Gasteiger partial charge in [0.15, 0.2) is 5.96 Å². The lowest BCUT2D eigenvalue weighted by molar-refractivity contribution is 0.0963. The van der Waals surface area contributed by atoms with Crippen LogP contribution in [-0.2, 0) is 16.1 Å². The molecule has 1 heterocycles. The molecule has 1 aliphatic rings. The van der Waals surface area contributed by atoms with Crippen LogP contribution in [0.4, 0.5) is 4.79 Å². The SMILES string of the molecule is CCNC(=NCCCOCc1ccc(OC)cc1)NC1CCN(C(=O)OCC)CC1. The average Bonchev–Trinajstić information content (AvgIpc) is 2.77. The van der Waals surface area contributed by atoms with Crippen LogP contribution < -0.4 is 15.4 Å². The van der Waals surface area contributed by atoms with Gasteiger partial charge in [-0.05, 0) is 50.8 Å². The molecule has 0 aromatic heterocycles. The van der Waals surface area contributed by atoms with Crippen LogP contribution in [0.1, 0.15) is 38.7 Å². The van der Waals surface area contributed by atoms with Gasteiger partial charge >= 0.3 is 6.09 Å². The fourth-order valence-electron chi connectivity index (χ4n) is 3.20. The number of nitrogens with one attached hydrogen (secondary N) is 2. The minimum Gasteiger partial charge on any atom is -0.497 e. The molecule has 0 bridgehead atoms. The summed E-state index contributed by atoms with van der Waals surface area (Å²) >= 11 is 0. The lowest BCUT2D eigenvalue weighted by Gasteiger charge is -2.32. The predicted octanol–water partition coefficient (Wildman–Crippen LogP) is 2.78. The second-order valence-electron chi connectivity index (χ2n) is 7.12. The van der Waals surface area contributed by atoms with Crippen LogP contribution in [0.2, 0.25) is 0 Å². The zero-order valence-corrected chi connectivity index (χ0v) is 18.5. The molecule has 1 aliphatic heterocycles. The first-order valence-electron chi connectivity index (χ1n) is 10.8. The molecule has 0 unspecified atom stereocenters. The zero-order chi connectivity index (χ0) is 21.6. The Balaban J connectivity index is 1.65. The summed E-state index contributed by atoms with van der Waals surface area (Å²) in [5, 5.41) is 6.78. The lowest BCUT2D eigenvalue weighted by atomic mass is 10.1. The summed E-state index contributed by atoms with van der Waals surface area (Å²) < 4.78 is 16.0. The van der Waals surface area contributed by atoms with Crippen LogP contribution in [-0.4, -0.2) is 69.5 Å². The van der Waals surface area contributed by atoms with Crippen molar-refractivity contribution < 1.29 is 19.0 Å². The minimum atomic E-state index is -0.217. The summed E-state index contributed by atoms with van der Waals surface area (Å²) in [4.78, 5) is 18.2. The monoisotopic (exact) mass is 420 g/mol. The van der Waals surface area contributed by atoms with E-state index in [1.54, 1.807) is 12.0 Å². The van der Waals surface area contributed by atoms with Crippen molar-refractivity contribution in [2.45, 2.75) is 45.8 Å². The molecule has 0 radical (unpaired) electrons. The first-order chi connectivity index (χ1) is 14.7. The van der Waals surface area contributed by atoms with Crippen LogP contribution in [0.15, 0.2) is 29.3 Å². The van der Waals surface area contributed by atoms with Crippen LogP contribution >= 0.6 is 0 Å². The Bertz CT molecular complexity index is 643. The van der Waals surface area contributed by atoms with Crippen LogP contribution in [0.25, 0.3) is 0 Å². The lowest BCUT2D eigenvalue weighted by Crippen LogP contribution is -2.49. The maximum Gasteiger partial charge on any atom is 0.409 e. The first-order valence-corrected chi connectivity index (χ1v) is 10.8. The number of guanidine groups is 1. The fraction of sp³-hybridized carbons (Fsp3) is 0.636. The molecule has 0 atom stereocenters. The first kappa shape index (κ1) is 23.8. The second kappa shape index (κ2) is 13.7. The molecule has 2 N–H and O–H groups in total. The van der Waals surface area contributed by atoms with Gasteiger partial charge in [0, 0.05) is 38.8 Å². The van der Waals surface area contributed by atoms with Gasteiger partial charge in [-0.1, -0.05) is 12.1 Å². The predicted molar refractivity (Wildman–Crippen MR) is 118 cm³/mol. The van der Waals surface area contributed by atoms with Gasteiger partial charge in [0.1, 0.15) is 5.75 Å². The quantitative estimate of drug-likeness (QED) is 0.344. The van der Waals surface area contributed by atoms with E-state index in [9.17, 15) is 4.79 Å². The Labute approximate surface area is 180 Å². The molecule has 0 saturated carbocycles. The molecule has 1 aromatic rings. The Kier molecular flexibility index (Phi) is 10.9. The number of hydrogen-bond donors (Lipinski definition) is 2. The highest BCUT2D eigenvalue weighted by Crippen LogP contribution is 2.12. The Hall–Kier alpha value is -2.48. The van der Waals surface area contributed by atoms with E-state index in [0.29, 0.717) is 45.5 Å². The standard InChI is InChI=1S/C22H36N4O4/c1-4-23-21(25-19-11-14-26(15-12-19)22(27)30-5-2)24-13-6-16-29-17-18-7-9-20(28-3)10-8-18/h7-10,19H,4-6,11-17H2,1-3H3,(H2,23,24,25). The second-order valence-corrected chi connectivity index (χ2v) is 7.12. The number of amides is 1. The van der Waals surface area contributed by atoms with Crippen molar-refractivity contribution in [3.8, 4) is 5.75 Å². The normalized spacial score (nSPS) is 15.0. The smallest absolute Gasteiger partial charge is 0.409 e. The van der Waals surface area contributed by atoms with Crippen molar-refractivity contribution in [3.05, 3.63) is 29.8 Å². The highest BCUT2D eigenvalue weighted by molar-refractivity contribution is 5.80. The van der Waals surface area contributed by atoms with E-state index in [2.05, 4.69) is 22.5 Å². The van der Waals surface area contributed by atoms with Crippen LogP contribution in [0, 0.1) is 0 Å². The number of hydrogen-bond acceptors (Lipinski definition) is 5. The number of nitrogens with zero attached hydrogens (tertiary/aromatic N) is 2. The number of methoxy groups -OCH3 is 1. The summed E-state index contributed by atoms with van der Waals surface area (Å²) in [6.07, 6.45) is 2.40. The number of aliphatic imine (C=N–C) groups is 1. The number of ether oxygens (including phenoxy) is 3. The number of rotatable bonds is 10. The molecule has 1 aromatic carbocycles. The summed E-state index contributed by atoms with van der Waals surface area (Å²) in [6.45, 7) is 8.45. The molecule has 8 heteroatoms. The molecule has 168 valence electrons. The van der Waals surface area contributed by atoms with Crippen molar-refractivity contribution in [1.29, 1.82) is 0 Å². The van der Waals surface area contributed by atoms with E-state index in [-0.39, 0.29) is 6.09 Å². The van der Waals surface area contributed by atoms with Gasteiger partial charge in [0.05, 0.1) is 20.3 Å². The Morgan fingerprint density at radius 3 is 2.57 bits per heavy atom. The zero-order valence-electron chi connectivity index (χ0n) is 18.5. The molecule has 8 nitrogen and oxygen atoms in total. The summed E-state index contributed by atoms with van der Waals surface area (Å²) in [7, 11) is 1.66. The molecule has 2 rings (SSSR count). The van der Waals surface area contributed by atoms with E-state index in [1.807, 2.05) is 31.2 Å². The third kappa shape index (κ3) is 8.49. The van der Waals surface area contributed by atoms with Crippen molar-refractivity contribution >= 4 is 12.1 Å². The van der Waals surface area contributed by atoms with Crippen molar-refractivity contribution in [2.24, 2.45) is 4.99 Å². The van der Waals surface area contributed by atoms with E-state index in [1.165, 1.54) is 0 Å². The molecule has 30 heavy (non-hydrogen) atoms. The van der Waals surface area contributed by atoms with E-state index >= 15 is 0 Å². The number of benzene rings is 1. The number of piperidine rings is 1. The molecule has 0 spiro atoms. The van der Waals surface area contributed by atoms with Gasteiger partial charge < -0.3 is 29.7 Å². The molecule has 0 aliphatic carbocycles. The Morgan fingerprint density at radius 1 is 1.20 bits per heavy atom. The molecule has 1 fully saturated rings. The maximum absolute atomic E-state index is 11.8. The van der Waals surface area contributed by atoms with Gasteiger partial charge in [-0.25, -0.2) is 4.79 Å². The molecule has 1 saturated heterocycles. The number of carbonyl (C=O) groups is 1. The average molecular weight is 421 g/mol. The van der Waals surface area contributed by atoms with Crippen molar-refractivity contribution in [2.75, 3.05) is 46.5 Å². The largest absolute Gasteiger partial charge is 0.497 e. The molecule has 1 amide bonds. The number of carbonyl (C=O) groups excluding carboxylic acids is 1. The molecular formula is C22H36N4O4. The minimum absolute atomic E-state index is 0.217. The Morgan fingerprint density at radius 2 is 1.93 bits per heavy atom. The van der Waals surface area contributed by atoms with E-state index in [0.717, 1.165) is 43.1 Å². The van der Waals surface area contributed by atoms with Crippen molar-refractivity contribution in [1.82, 2.24) is 15.5 Å². The van der Waals surface area contributed by atoms with Gasteiger partial charge in [0.2, 0.25) is 0 Å². The van der Waals surface area contributed by atoms with Crippen molar-refractivity contribution in [3.63, 3.8) is 0 Å². The fourth-order valence-corrected chi connectivity index (χ4v) is 3.20. The van der Waals surface area contributed by atoms with Gasteiger partial charge in [-0.15, -0.1) is 0 Å². The summed E-state index contributed by atoms with van der Waals surface area (Å²) in [5.74, 6) is 1.67. The highest BCUT2D eigenvalue weighted by atomic mass is 16.6. The van der Waals surface area contributed by atoms with Gasteiger partial charge in [0.25, 0.3) is 0 Å². The summed E-state index contributed by atoms with van der Waals surface area (Å²) in [6, 6.07) is 8.21. The van der Waals surface area contributed by atoms with E-state index < -0.39 is 0 Å². The highest BCUT2D eigenvalue weighted by Gasteiger charge is 2.23. The third-order valence-corrected chi connectivity index (χ3v) is 4.85. The van der Waals surface area contributed by atoms with E-state index in [4.69, 9.17) is 14.2 Å². The van der Waals surface area contributed by atoms with Gasteiger partial charge in [-0.3, -0.25) is 4.99 Å². The topological polar surface area (TPSA) is 84.4 Å². The maximum atomic E-state index is 11.8. The number of likely N-dealkylation sites (tertiary alicyclic amines) is 1.